The lowest BCUT2D eigenvalue weighted by Crippen LogP contribution is -1.95. The molecule has 0 aliphatic heterocycles. The monoisotopic (exact) mass is 217 g/mol. The van der Waals surface area contributed by atoms with Crippen molar-refractivity contribution in [2.24, 2.45) is 0 Å². The van der Waals surface area contributed by atoms with Gasteiger partial charge in [-0.25, -0.2) is 4.79 Å². The average Bonchev–Trinajstić information content (AvgIpc) is 2.03. The van der Waals surface area contributed by atoms with E-state index in [1.807, 2.05) is 0 Å². The Hall–Kier alpha value is -1.62. The first kappa shape index (κ1) is 12.4. The predicted octanol–water partition coefficient (Wildman–Crippen LogP) is 2.61. The molecule has 0 rings (SSSR count). The summed E-state index contributed by atoms with van der Waals surface area (Å²) in [6, 6.07) is 0. The number of hydrogen-bond donors (Lipinski definition) is 0. The molecule has 14 heavy (non-hydrogen) atoms. The number of hydrogen-bond acceptors (Lipinski definition) is 4. The Morgan fingerprint density at radius 3 is 2.50 bits per heavy atom. The van der Waals surface area contributed by atoms with Gasteiger partial charge in [-0.1, -0.05) is 6.58 Å². The molecule has 6 heteroatoms. The molecule has 0 spiro atoms. The highest BCUT2D eigenvalue weighted by Gasteiger charge is 2.03. The van der Waals surface area contributed by atoms with Crippen molar-refractivity contribution in [3.05, 3.63) is 46.4 Å². The van der Waals surface area contributed by atoms with Gasteiger partial charge >= 0.3 is 5.43 Å². The molecule has 0 aliphatic rings. The van der Waals surface area contributed by atoms with Gasteiger partial charge in [-0.15, -0.1) is 0 Å². The molecule has 0 heterocycles. The molecule has 0 aliphatic carbocycles. The second-order valence-corrected chi connectivity index (χ2v) is 2.48. The van der Waals surface area contributed by atoms with Crippen LogP contribution in [0.2, 0.25) is 0 Å². The summed E-state index contributed by atoms with van der Waals surface area (Å²) < 4.78 is 4.41. The van der Waals surface area contributed by atoms with Crippen LogP contribution >= 0.6 is 11.6 Å². The summed E-state index contributed by atoms with van der Waals surface area (Å²) in [5.41, 5.74) is -1.19. The Balaban J connectivity index is 4.57. The van der Waals surface area contributed by atoms with Crippen LogP contribution in [-0.2, 0) is 4.74 Å². The third kappa shape index (κ3) is 5.10. The molecule has 76 valence electrons. The number of rotatable bonds is 4. The van der Waals surface area contributed by atoms with Gasteiger partial charge < -0.3 is 4.74 Å². The summed E-state index contributed by atoms with van der Waals surface area (Å²) in [6.07, 6.45) is 3.48. The normalized spacial score (nSPS) is 12.1. The number of halogens is 1. The van der Waals surface area contributed by atoms with E-state index in [4.69, 9.17) is 11.6 Å². The Kier molecular flexibility index (Phi) is 5.24. The van der Waals surface area contributed by atoms with E-state index < -0.39 is 10.4 Å². The summed E-state index contributed by atoms with van der Waals surface area (Å²) in [6.45, 7) is 4.69. The van der Waals surface area contributed by atoms with Crippen molar-refractivity contribution in [2.75, 3.05) is 0 Å². The summed E-state index contributed by atoms with van der Waals surface area (Å²) in [7, 11) is 0. The molecule has 0 unspecified atom stereocenters. The van der Waals surface area contributed by atoms with Crippen molar-refractivity contribution in [3.8, 4) is 0 Å². The van der Waals surface area contributed by atoms with Crippen LogP contribution in [0.5, 0.6) is 0 Å². The maximum Gasteiger partial charge on any atom is 0.408 e. The molecule has 0 radical (unpaired) electrons. The molecular formula is C8H8ClNO4. The fraction of sp³-hybridized carbons (Fsp3) is 0.125. The molecule has 0 atom stereocenters. The van der Waals surface area contributed by atoms with Gasteiger partial charge in [0.05, 0.1) is 4.92 Å². The molecule has 0 aromatic carbocycles. The van der Waals surface area contributed by atoms with E-state index in [1.165, 1.54) is 13.0 Å². The first-order valence-corrected chi connectivity index (χ1v) is 3.88. The van der Waals surface area contributed by atoms with Crippen molar-refractivity contribution in [2.45, 2.75) is 6.92 Å². The molecule has 0 amide bonds. The highest BCUT2D eigenvalue weighted by atomic mass is 35.5. The third-order valence-electron chi connectivity index (χ3n) is 1.15. The van der Waals surface area contributed by atoms with Gasteiger partial charge in [0, 0.05) is 23.8 Å². The standard InChI is InChI=1S/C8H8ClNO4/c1-3-7(10(12)13)5-4-6(2)14-8(9)11/h3-5H,1H2,2H3/b6-4+,7-5+. The fourth-order valence-corrected chi connectivity index (χ4v) is 0.688. The predicted molar refractivity (Wildman–Crippen MR) is 51.4 cm³/mol. The van der Waals surface area contributed by atoms with E-state index >= 15 is 0 Å². The van der Waals surface area contributed by atoms with Crippen molar-refractivity contribution in [1.29, 1.82) is 0 Å². The van der Waals surface area contributed by atoms with Crippen molar-refractivity contribution in [3.63, 3.8) is 0 Å². The van der Waals surface area contributed by atoms with E-state index in [9.17, 15) is 14.9 Å². The number of allylic oxidation sites excluding steroid dienone is 4. The smallest absolute Gasteiger partial charge is 0.408 e. The van der Waals surface area contributed by atoms with E-state index in [1.54, 1.807) is 0 Å². The molecule has 0 fully saturated rings. The molecule has 0 saturated carbocycles. The highest BCUT2D eigenvalue weighted by molar-refractivity contribution is 6.61. The summed E-state index contributed by atoms with van der Waals surface area (Å²) >= 11 is 4.91. The van der Waals surface area contributed by atoms with Crippen LogP contribution in [0.15, 0.2) is 36.3 Å². The van der Waals surface area contributed by atoms with Crippen molar-refractivity contribution in [1.82, 2.24) is 0 Å². The van der Waals surface area contributed by atoms with Crippen LogP contribution in [0.3, 0.4) is 0 Å². The fourth-order valence-electron chi connectivity index (χ4n) is 0.567. The van der Waals surface area contributed by atoms with Gasteiger partial charge in [0.15, 0.2) is 0 Å². The lowest BCUT2D eigenvalue weighted by Gasteiger charge is -1.95. The van der Waals surface area contributed by atoms with Crippen LogP contribution in [0.25, 0.3) is 0 Å². The third-order valence-corrected chi connectivity index (χ3v) is 1.23. The number of nitrogens with zero attached hydrogens (tertiary/aromatic N) is 1. The Morgan fingerprint density at radius 2 is 2.14 bits per heavy atom. The zero-order valence-corrected chi connectivity index (χ0v) is 8.15. The van der Waals surface area contributed by atoms with Crippen LogP contribution in [0.4, 0.5) is 4.79 Å². The lowest BCUT2D eigenvalue weighted by atomic mass is 10.3. The van der Waals surface area contributed by atoms with Gasteiger partial charge in [0.1, 0.15) is 5.76 Å². The van der Waals surface area contributed by atoms with Gasteiger partial charge in [-0.05, 0) is 13.0 Å². The van der Waals surface area contributed by atoms with E-state index in [0.29, 0.717) is 0 Å². The van der Waals surface area contributed by atoms with Gasteiger partial charge in [-0.3, -0.25) is 10.1 Å². The minimum absolute atomic E-state index is 0.159. The molecule has 0 aromatic heterocycles. The number of carbonyl (C=O) groups is 1. The number of carbonyl (C=O) groups excluding carboxylic acids is 1. The van der Waals surface area contributed by atoms with Gasteiger partial charge in [0.2, 0.25) is 0 Å². The highest BCUT2D eigenvalue weighted by Crippen LogP contribution is 2.03. The van der Waals surface area contributed by atoms with E-state index in [2.05, 4.69) is 11.3 Å². The van der Waals surface area contributed by atoms with Crippen LogP contribution < -0.4 is 0 Å². The van der Waals surface area contributed by atoms with Crippen LogP contribution in [-0.4, -0.2) is 10.4 Å². The number of nitro groups is 1. The molecule has 0 saturated heterocycles. The molecule has 0 bridgehead atoms. The number of ether oxygens (including phenoxy) is 1. The minimum Gasteiger partial charge on any atom is -0.419 e. The Labute approximate surface area is 85.5 Å². The summed E-state index contributed by atoms with van der Waals surface area (Å²) in [5.74, 6) is 0.159. The Morgan fingerprint density at radius 1 is 1.57 bits per heavy atom. The SMILES string of the molecule is C=C/C(=C\C=C(/C)OC(=O)Cl)[N+](=O)[O-]. The quantitative estimate of drug-likeness (QED) is 0.239. The molecule has 0 aromatic rings. The molecule has 5 nitrogen and oxygen atoms in total. The second kappa shape index (κ2) is 5.93. The largest absolute Gasteiger partial charge is 0.419 e. The van der Waals surface area contributed by atoms with Crippen molar-refractivity contribution < 1.29 is 14.5 Å². The summed E-state index contributed by atoms with van der Waals surface area (Å²) in [5, 5.41) is 10.3. The molecule has 0 N–H and O–H groups in total. The lowest BCUT2D eigenvalue weighted by molar-refractivity contribution is -0.418. The van der Waals surface area contributed by atoms with Gasteiger partial charge in [0.25, 0.3) is 5.70 Å². The minimum atomic E-state index is -0.992. The molecular weight excluding hydrogens is 210 g/mol. The van der Waals surface area contributed by atoms with E-state index in [0.717, 1.165) is 12.2 Å². The van der Waals surface area contributed by atoms with E-state index in [-0.39, 0.29) is 11.5 Å². The van der Waals surface area contributed by atoms with Gasteiger partial charge in [-0.2, -0.15) is 0 Å². The maximum absolute atomic E-state index is 10.3. The zero-order chi connectivity index (χ0) is 11.1. The zero-order valence-electron chi connectivity index (χ0n) is 7.40. The Bertz CT molecular complexity index is 319. The second-order valence-electron chi connectivity index (χ2n) is 2.17. The topological polar surface area (TPSA) is 69.4 Å². The average molecular weight is 218 g/mol. The van der Waals surface area contributed by atoms with Crippen molar-refractivity contribution >= 4 is 17.0 Å². The first-order valence-electron chi connectivity index (χ1n) is 3.50. The van der Waals surface area contributed by atoms with Crippen LogP contribution in [0.1, 0.15) is 6.92 Å². The van der Waals surface area contributed by atoms with Crippen LogP contribution in [0, 0.1) is 10.1 Å². The maximum atomic E-state index is 10.3. The summed E-state index contributed by atoms with van der Waals surface area (Å²) in [4.78, 5) is 19.9. The first-order chi connectivity index (χ1) is 6.47.